The number of amides is 1. The smallest absolute Gasteiger partial charge is 0.305 e. The lowest BCUT2D eigenvalue weighted by atomic mass is 10.3. The zero-order chi connectivity index (χ0) is 9.47. The van der Waals surface area contributed by atoms with Gasteiger partial charge in [-0.3, -0.25) is 9.59 Å². The number of carbonyl (C=O) groups is 2. The van der Waals surface area contributed by atoms with Crippen LogP contribution in [0, 0.1) is 0 Å². The van der Waals surface area contributed by atoms with Crippen molar-refractivity contribution in [2.45, 2.75) is 12.1 Å². The van der Waals surface area contributed by atoms with Crippen LogP contribution in [0.2, 0.25) is 0 Å². The van der Waals surface area contributed by atoms with Crippen molar-refractivity contribution >= 4 is 11.9 Å². The maximum absolute atomic E-state index is 11.2. The van der Waals surface area contributed by atoms with Crippen molar-refractivity contribution in [2.75, 3.05) is 13.2 Å². The van der Waals surface area contributed by atoms with E-state index in [1.54, 1.807) is 6.08 Å². The van der Waals surface area contributed by atoms with Crippen LogP contribution >= 0.6 is 0 Å². The molecule has 2 aliphatic heterocycles. The average molecular weight is 183 g/mol. The summed E-state index contributed by atoms with van der Waals surface area (Å²) in [6.07, 6.45) is 3.06. The molecule has 0 radical (unpaired) electrons. The molecule has 0 aliphatic carbocycles. The van der Waals surface area contributed by atoms with Gasteiger partial charge in [0.15, 0.2) is 5.72 Å². The van der Waals surface area contributed by atoms with Gasteiger partial charge in [0.05, 0.1) is 6.42 Å². The van der Waals surface area contributed by atoms with Gasteiger partial charge in [0.2, 0.25) is 5.91 Å². The van der Waals surface area contributed by atoms with E-state index in [0.717, 1.165) is 0 Å². The Labute approximate surface area is 74.6 Å². The first-order valence-electron chi connectivity index (χ1n) is 4.01. The molecule has 0 aromatic carbocycles. The van der Waals surface area contributed by atoms with Crippen molar-refractivity contribution < 1.29 is 19.4 Å². The van der Waals surface area contributed by atoms with Crippen molar-refractivity contribution in [2.24, 2.45) is 0 Å². The SMILES string of the molecule is O=C(O)CCN1C(=O)C=CC12CO2. The first-order valence-corrected chi connectivity index (χ1v) is 4.01. The molecule has 2 heterocycles. The van der Waals surface area contributed by atoms with Crippen LogP contribution in [0.3, 0.4) is 0 Å². The number of rotatable bonds is 3. The van der Waals surface area contributed by atoms with Gasteiger partial charge in [0.1, 0.15) is 6.61 Å². The summed E-state index contributed by atoms with van der Waals surface area (Å²) in [5.41, 5.74) is -0.591. The summed E-state index contributed by atoms with van der Waals surface area (Å²) in [4.78, 5) is 22.9. The van der Waals surface area contributed by atoms with E-state index in [1.807, 2.05) is 0 Å². The van der Waals surface area contributed by atoms with E-state index in [9.17, 15) is 9.59 Å². The third-order valence-corrected chi connectivity index (χ3v) is 2.20. The summed E-state index contributed by atoms with van der Waals surface area (Å²) in [6.45, 7) is 0.691. The Morgan fingerprint density at radius 2 is 2.46 bits per heavy atom. The first-order chi connectivity index (χ1) is 6.14. The van der Waals surface area contributed by atoms with Crippen molar-refractivity contribution in [3.8, 4) is 0 Å². The minimum atomic E-state index is -0.907. The fourth-order valence-electron chi connectivity index (χ4n) is 1.40. The number of aliphatic carboxylic acids is 1. The second kappa shape index (κ2) is 2.56. The third kappa shape index (κ3) is 1.31. The van der Waals surface area contributed by atoms with E-state index in [0.29, 0.717) is 6.61 Å². The largest absolute Gasteiger partial charge is 0.481 e. The van der Waals surface area contributed by atoms with Gasteiger partial charge in [0, 0.05) is 12.6 Å². The van der Waals surface area contributed by atoms with Gasteiger partial charge >= 0.3 is 5.97 Å². The van der Waals surface area contributed by atoms with Gasteiger partial charge in [-0.05, 0) is 6.08 Å². The molecule has 1 N–H and O–H groups in total. The lowest BCUT2D eigenvalue weighted by Crippen LogP contribution is -2.38. The van der Waals surface area contributed by atoms with Gasteiger partial charge in [0.25, 0.3) is 0 Å². The van der Waals surface area contributed by atoms with Gasteiger partial charge in [-0.15, -0.1) is 0 Å². The molecule has 1 amide bonds. The highest BCUT2D eigenvalue weighted by atomic mass is 16.6. The quantitative estimate of drug-likeness (QED) is 0.603. The molecule has 0 aromatic rings. The molecule has 1 atom stereocenters. The zero-order valence-corrected chi connectivity index (χ0v) is 6.90. The number of carbonyl (C=O) groups excluding carboxylic acids is 1. The summed E-state index contributed by atoms with van der Waals surface area (Å²) in [7, 11) is 0. The molecule has 1 fully saturated rings. The molecule has 0 saturated carbocycles. The fourth-order valence-corrected chi connectivity index (χ4v) is 1.40. The molecule has 1 spiro atoms. The van der Waals surface area contributed by atoms with E-state index in [-0.39, 0.29) is 18.9 Å². The molecule has 0 aromatic heterocycles. The molecule has 0 bridgehead atoms. The molecule has 5 heteroatoms. The molecule has 13 heavy (non-hydrogen) atoms. The Hall–Kier alpha value is -1.36. The molecule has 1 saturated heterocycles. The molecular weight excluding hydrogens is 174 g/mol. The number of carboxylic acid groups (broad SMARTS) is 1. The Morgan fingerprint density at radius 3 is 3.00 bits per heavy atom. The monoisotopic (exact) mass is 183 g/mol. The number of nitrogens with zero attached hydrogens (tertiary/aromatic N) is 1. The summed E-state index contributed by atoms with van der Waals surface area (Å²) in [6, 6.07) is 0. The Morgan fingerprint density at radius 1 is 1.77 bits per heavy atom. The molecule has 2 aliphatic rings. The maximum atomic E-state index is 11.2. The maximum Gasteiger partial charge on any atom is 0.305 e. The van der Waals surface area contributed by atoms with Crippen molar-refractivity contribution in [1.29, 1.82) is 0 Å². The van der Waals surface area contributed by atoms with Crippen LogP contribution in [-0.2, 0) is 14.3 Å². The molecule has 5 nitrogen and oxygen atoms in total. The highest BCUT2D eigenvalue weighted by Gasteiger charge is 2.53. The Kier molecular flexibility index (Phi) is 1.63. The van der Waals surface area contributed by atoms with E-state index in [1.165, 1.54) is 11.0 Å². The van der Waals surface area contributed by atoms with Crippen molar-refractivity contribution in [3.63, 3.8) is 0 Å². The van der Waals surface area contributed by atoms with Gasteiger partial charge < -0.3 is 14.7 Å². The minimum Gasteiger partial charge on any atom is -0.481 e. The lowest BCUT2D eigenvalue weighted by Gasteiger charge is -2.20. The predicted molar refractivity (Wildman–Crippen MR) is 41.8 cm³/mol. The number of hydrogen-bond donors (Lipinski definition) is 1. The van der Waals surface area contributed by atoms with Crippen LogP contribution in [0.15, 0.2) is 12.2 Å². The second-order valence-electron chi connectivity index (χ2n) is 3.10. The van der Waals surface area contributed by atoms with E-state index >= 15 is 0 Å². The van der Waals surface area contributed by atoms with Crippen LogP contribution in [0.1, 0.15) is 6.42 Å². The standard InChI is InChI=1S/C8H9NO4/c10-6-1-3-8(5-13-8)9(6)4-2-7(11)12/h1,3H,2,4-5H2,(H,11,12). The van der Waals surface area contributed by atoms with Crippen LogP contribution in [-0.4, -0.2) is 40.8 Å². The number of epoxide rings is 1. The van der Waals surface area contributed by atoms with Gasteiger partial charge in [-0.1, -0.05) is 0 Å². The molecule has 2 rings (SSSR count). The Bertz CT molecular complexity index is 293. The van der Waals surface area contributed by atoms with Gasteiger partial charge in [-0.2, -0.15) is 0 Å². The normalized spacial score (nSPS) is 30.2. The van der Waals surface area contributed by atoms with E-state index in [4.69, 9.17) is 9.84 Å². The third-order valence-electron chi connectivity index (χ3n) is 2.20. The predicted octanol–water partition coefficient (Wildman–Crippen LogP) is -0.414. The summed E-state index contributed by atoms with van der Waals surface area (Å²) in [5.74, 6) is -1.07. The van der Waals surface area contributed by atoms with E-state index < -0.39 is 11.7 Å². The summed E-state index contributed by atoms with van der Waals surface area (Å²) in [5, 5.41) is 8.45. The molecule has 1 unspecified atom stereocenters. The van der Waals surface area contributed by atoms with Gasteiger partial charge in [-0.25, -0.2) is 0 Å². The lowest BCUT2D eigenvalue weighted by molar-refractivity contribution is -0.138. The minimum absolute atomic E-state index is 0.0431. The average Bonchev–Trinajstić information content (AvgIpc) is 2.75. The Balaban J connectivity index is 1.98. The van der Waals surface area contributed by atoms with Crippen LogP contribution in [0.25, 0.3) is 0 Å². The summed E-state index contributed by atoms with van der Waals surface area (Å²) >= 11 is 0. The molecule has 70 valence electrons. The topological polar surface area (TPSA) is 70.1 Å². The summed E-state index contributed by atoms with van der Waals surface area (Å²) < 4.78 is 5.10. The van der Waals surface area contributed by atoms with Crippen molar-refractivity contribution in [1.82, 2.24) is 4.90 Å². The zero-order valence-electron chi connectivity index (χ0n) is 6.90. The fraction of sp³-hybridized carbons (Fsp3) is 0.500. The number of hydrogen-bond acceptors (Lipinski definition) is 3. The van der Waals surface area contributed by atoms with Crippen LogP contribution in [0.5, 0.6) is 0 Å². The number of ether oxygens (including phenoxy) is 1. The second-order valence-corrected chi connectivity index (χ2v) is 3.10. The van der Waals surface area contributed by atoms with Crippen LogP contribution < -0.4 is 0 Å². The highest BCUT2D eigenvalue weighted by Crippen LogP contribution is 2.37. The van der Waals surface area contributed by atoms with E-state index in [2.05, 4.69) is 0 Å². The number of carboxylic acids is 1. The van der Waals surface area contributed by atoms with Crippen LogP contribution in [0.4, 0.5) is 0 Å². The first kappa shape index (κ1) is 8.25. The highest BCUT2D eigenvalue weighted by molar-refractivity contribution is 5.92. The molecular formula is C8H9NO4. The van der Waals surface area contributed by atoms with Crippen molar-refractivity contribution in [3.05, 3.63) is 12.2 Å².